The van der Waals surface area contributed by atoms with Crippen LogP contribution in [0.2, 0.25) is 5.02 Å². The lowest BCUT2D eigenvalue weighted by atomic mass is 10.1. The van der Waals surface area contributed by atoms with E-state index in [1.54, 1.807) is 24.3 Å². The monoisotopic (exact) mass is 360 g/mol. The molecule has 2 aromatic rings. The van der Waals surface area contributed by atoms with Gasteiger partial charge in [0.1, 0.15) is 6.07 Å². The first-order chi connectivity index (χ1) is 12.0. The molecule has 0 radical (unpaired) electrons. The number of benzene rings is 2. The van der Waals surface area contributed by atoms with Gasteiger partial charge >= 0.3 is 0 Å². The zero-order chi connectivity index (χ0) is 18.4. The second-order valence-corrected chi connectivity index (χ2v) is 5.47. The smallest absolute Gasteiger partial charge is 0.228 e. The molecule has 0 saturated heterocycles. The molecule has 7 heteroatoms. The lowest BCUT2D eigenvalue weighted by Gasteiger charge is -2.14. The van der Waals surface area contributed by atoms with Gasteiger partial charge < -0.3 is 19.5 Å². The van der Waals surface area contributed by atoms with Crippen molar-refractivity contribution < 1.29 is 19.0 Å². The number of nitriles is 1. The van der Waals surface area contributed by atoms with Crippen molar-refractivity contribution in [2.24, 2.45) is 0 Å². The summed E-state index contributed by atoms with van der Waals surface area (Å²) in [7, 11) is 4.54. The van der Waals surface area contributed by atoms with Crippen LogP contribution in [0, 0.1) is 11.3 Å². The van der Waals surface area contributed by atoms with E-state index in [9.17, 15) is 4.79 Å². The average Bonchev–Trinajstić information content (AvgIpc) is 2.62. The number of ether oxygens (including phenoxy) is 3. The van der Waals surface area contributed by atoms with Crippen LogP contribution in [0.15, 0.2) is 30.3 Å². The van der Waals surface area contributed by atoms with Gasteiger partial charge in [-0.15, -0.1) is 0 Å². The van der Waals surface area contributed by atoms with Crippen molar-refractivity contribution >= 4 is 23.2 Å². The molecular weight excluding hydrogens is 344 g/mol. The molecule has 2 rings (SSSR count). The van der Waals surface area contributed by atoms with Gasteiger partial charge in [0.15, 0.2) is 11.5 Å². The maximum absolute atomic E-state index is 12.3. The number of nitrogens with zero attached hydrogens (tertiary/aromatic N) is 1. The highest BCUT2D eigenvalue weighted by Gasteiger charge is 2.15. The summed E-state index contributed by atoms with van der Waals surface area (Å²) in [6, 6.07) is 10.1. The predicted octanol–water partition coefficient (Wildman–Crippen LogP) is 3.42. The highest BCUT2D eigenvalue weighted by atomic mass is 35.5. The van der Waals surface area contributed by atoms with E-state index >= 15 is 0 Å². The van der Waals surface area contributed by atoms with Crippen LogP contribution < -0.4 is 19.5 Å². The average molecular weight is 361 g/mol. The standard InChI is InChI=1S/C18H17ClN2O4/c1-23-15-6-11(7-16(24-2)18(15)25-3)8-17(22)21-13-4-5-14(19)12(9-13)10-20/h4-7,9H,8H2,1-3H3,(H,21,22). The molecule has 0 bridgehead atoms. The highest BCUT2D eigenvalue weighted by molar-refractivity contribution is 6.31. The van der Waals surface area contributed by atoms with Crippen LogP contribution in [-0.4, -0.2) is 27.2 Å². The molecule has 0 aliphatic heterocycles. The number of anilines is 1. The number of hydrogen-bond acceptors (Lipinski definition) is 5. The van der Waals surface area contributed by atoms with Crippen LogP contribution in [0.3, 0.4) is 0 Å². The van der Waals surface area contributed by atoms with Crippen LogP contribution in [0.4, 0.5) is 5.69 Å². The molecule has 1 N–H and O–H groups in total. The Morgan fingerprint density at radius 3 is 2.28 bits per heavy atom. The summed E-state index contributed by atoms with van der Waals surface area (Å²) in [5.41, 5.74) is 1.49. The molecule has 1 amide bonds. The molecule has 0 saturated carbocycles. The van der Waals surface area contributed by atoms with Crippen LogP contribution in [-0.2, 0) is 11.2 Å². The van der Waals surface area contributed by atoms with E-state index in [0.717, 1.165) is 0 Å². The summed E-state index contributed by atoms with van der Waals surface area (Å²) in [5.74, 6) is 1.16. The van der Waals surface area contributed by atoms with E-state index in [1.807, 2.05) is 6.07 Å². The molecule has 0 atom stereocenters. The molecule has 0 aromatic heterocycles. The fraction of sp³-hybridized carbons (Fsp3) is 0.222. The zero-order valence-electron chi connectivity index (χ0n) is 14.1. The van der Waals surface area contributed by atoms with E-state index in [4.69, 9.17) is 31.1 Å². The SMILES string of the molecule is COc1cc(CC(=O)Nc2ccc(Cl)c(C#N)c2)cc(OC)c1OC. The summed E-state index contributed by atoms with van der Waals surface area (Å²) < 4.78 is 15.8. The minimum absolute atomic E-state index is 0.0984. The lowest BCUT2D eigenvalue weighted by molar-refractivity contribution is -0.115. The van der Waals surface area contributed by atoms with Gasteiger partial charge in [-0.3, -0.25) is 4.79 Å². The number of carbonyl (C=O) groups excluding carboxylic acids is 1. The van der Waals surface area contributed by atoms with Crippen LogP contribution >= 0.6 is 11.6 Å². The van der Waals surface area contributed by atoms with E-state index in [1.165, 1.54) is 27.4 Å². The van der Waals surface area contributed by atoms with E-state index < -0.39 is 0 Å². The molecule has 130 valence electrons. The summed E-state index contributed by atoms with van der Waals surface area (Å²) in [4.78, 5) is 12.3. The number of hydrogen-bond donors (Lipinski definition) is 1. The second-order valence-electron chi connectivity index (χ2n) is 5.06. The Morgan fingerprint density at radius 1 is 1.12 bits per heavy atom. The quantitative estimate of drug-likeness (QED) is 0.853. The Kier molecular flexibility index (Phi) is 6.09. The van der Waals surface area contributed by atoms with Crippen molar-refractivity contribution in [2.75, 3.05) is 26.6 Å². The summed E-state index contributed by atoms with van der Waals surface area (Å²) in [5, 5.41) is 12.1. The van der Waals surface area contributed by atoms with E-state index in [-0.39, 0.29) is 12.3 Å². The third-order valence-electron chi connectivity index (χ3n) is 3.46. The number of halogens is 1. The molecule has 25 heavy (non-hydrogen) atoms. The molecular formula is C18H17ClN2O4. The lowest BCUT2D eigenvalue weighted by Crippen LogP contribution is -2.14. The van der Waals surface area contributed by atoms with Crippen molar-refractivity contribution in [3.63, 3.8) is 0 Å². The number of carbonyl (C=O) groups is 1. The number of rotatable bonds is 6. The number of amides is 1. The Morgan fingerprint density at radius 2 is 1.76 bits per heavy atom. The molecule has 0 unspecified atom stereocenters. The largest absolute Gasteiger partial charge is 0.493 e. The topological polar surface area (TPSA) is 80.6 Å². The Labute approximate surface area is 150 Å². The van der Waals surface area contributed by atoms with Gasteiger partial charge in [0, 0.05) is 5.69 Å². The predicted molar refractivity (Wildman–Crippen MR) is 94.6 cm³/mol. The third-order valence-corrected chi connectivity index (χ3v) is 3.79. The number of nitrogens with one attached hydrogen (secondary N) is 1. The maximum atomic E-state index is 12.3. The molecule has 0 aliphatic rings. The Hall–Kier alpha value is -2.91. The van der Waals surface area contributed by atoms with Gasteiger partial charge in [-0.25, -0.2) is 0 Å². The molecule has 0 aliphatic carbocycles. The molecule has 6 nitrogen and oxygen atoms in total. The van der Waals surface area contributed by atoms with Gasteiger partial charge in [-0.2, -0.15) is 5.26 Å². The first kappa shape index (κ1) is 18.4. The molecule has 2 aromatic carbocycles. The van der Waals surface area contributed by atoms with Crippen molar-refractivity contribution in [3.05, 3.63) is 46.5 Å². The van der Waals surface area contributed by atoms with Gasteiger partial charge in [0.2, 0.25) is 11.7 Å². The van der Waals surface area contributed by atoms with Crippen molar-refractivity contribution in [1.82, 2.24) is 0 Å². The van der Waals surface area contributed by atoms with Crippen LogP contribution in [0.25, 0.3) is 0 Å². The van der Waals surface area contributed by atoms with E-state index in [0.29, 0.717) is 39.1 Å². The van der Waals surface area contributed by atoms with Crippen molar-refractivity contribution in [1.29, 1.82) is 5.26 Å². The zero-order valence-corrected chi connectivity index (χ0v) is 14.8. The summed E-state index contributed by atoms with van der Waals surface area (Å²) in [6.07, 6.45) is 0.0984. The van der Waals surface area contributed by atoms with Gasteiger partial charge in [-0.05, 0) is 35.9 Å². The second kappa shape index (κ2) is 8.27. The minimum atomic E-state index is -0.250. The van der Waals surface area contributed by atoms with E-state index in [2.05, 4.69) is 5.32 Å². The first-order valence-corrected chi connectivity index (χ1v) is 7.68. The van der Waals surface area contributed by atoms with Crippen molar-refractivity contribution in [2.45, 2.75) is 6.42 Å². The number of methoxy groups -OCH3 is 3. The Bertz CT molecular complexity index is 805. The third kappa shape index (κ3) is 4.34. The Balaban J connectivity index is 2.19. The molecule has 0 fully saturated rings. The fourth-order valence-corrected chi connectivity index (χ4v) is 2.48. The minimum Gasteiger partial charge on any atom is -0.493 e. The van der Waals surface area contributed by atoms with Gasteiger partial charge in [0.25, 0.3) is 0 Å². The molecule has 0 spiro atoms. The van der Waals surface area contributed by atoms with Gasteiger partial charge in [0.05, 0.1) is 38.3 Å². The van der Waals surface area contributed by atoms with Gasteiger partial charge in [-0.1, -0.05) is 11.6 Å². The summed E-state index contributed by atoms with van der Waals surface area (Å²) in [6.45, 7) is 0. The first-order valence-electron chi connectivity index (χ1n) is 7.30. The maximum Gasteiger partial charge on any atom is 0.228 e. The fourth-order valence-electron chi connectivity index (χ4n) is 2.32. The molecule has 0 heterocycles. The highest BCUT2D eigenvalue weighted by Crippen LogP contribution is 2.38. The van der Waals surface area contributed by atoms with Crippen molar-refractivity contribution in [3.8, 4) is 23.3 Å². The van der Waals surface area contributed by atoms with Crippen LogP contribution in [0.5, 0.6) is 17.2 Å². The normalized spacial score (nSPS) is 9.88. The van der Waals surface area contributed by atoms with Crippen LogP contribution in [0.1, 0.15) is 11.1 Å². The summed E-state index contributed by atoms with van der Waals surface area (Å²) >= 11 is 5.88.